The van der Waals surface area contributed by atoms with Gasteiger partial charge in [-0.15, -0.1) is 0 Å². The van der Waals surface area contributed by atoms with Crippen molar-refractivity contribution in [1.82, 2.24) is 0 Å². The fraction of sp³-hybridized carbons (Fsp3) is 0.267. The van der Waals surface area contributed by atoms with Crippen molar-refractivity contribution in [1.29, 1.82) is 0 Å². The summed E-state index contributed by atoms with van der Waals surface area (Å²) in [7, 11) is 0. The second-order valence-electron chi connectivity index (χ2n) is 21.3. The molecule has 2 aliphatic carbocycles. The van der Waals surface area contributed by atoms with E-state index in [2.05, 4.69) is 0 Å². The SMILES string of the molecule is Cc1c(-c2c(C)c(=O)c3c(C(C)C)c(=O)c(=O)c(C(=O)O)c-3c2=O)c(O)c2c(C(=O)O)c(O)c(O)c(C(C)C)c2c1O.Cc1cc2c(C(C)C)c(O)c(O)c(C(=O)O)c2c(O)c1-c1c(C)cc2c(C(C)C)c(O)c(O)c(C(=O)O)c2c1O. The minimum absolute atomic E-state index is 0.0401. The van der Waals surface area contributed by atoms with Gasteiger partial charge in [-0.05, 0) is 73.3 Å². The van der Waals surface area contributed by atoms with Gasteiger partial charge in [-0.25, -0.2) is 19.2 Å². The predicted molar refractivity (Wildman–Crippen MR) is 300 cm³/mol. The Morgan fingerprint density at radius 2 is 0.646 bits per heavy atom. The lowest BCUT2D eigenvalue weighted by Crippen LogP contribution is -2.40. The third-order valence-corrected chi connectivity index (χ3v) is 14.9. The van der Waals surface area contributed by atoms with Gasteiger partial charge in [0.1, 0.15) is 45.3 Å². The molecule has 0 aromatic heterocycles. The van der Waals surface area contributed by atoms with Crippen LogP contribution >= 0.6 is 0 Å². The number of fused-ring (bicyclic) bond motifs is 4. The highest BCUT2D eigenvalue weighted by Gasteiger charge is 2.38. The standard InChI is InChI=1S/C30H26O12.C30H30O10/c1-7(2)11-15-17(19(29(39)40)27(37)25(11)35)23(33)13(9(5)21(15)31)14-10(6)22(32)16-12(8(3)4)26(36)28(38)20(30(41)42)18(16)24(14)34;1-9(2)15-13-7-11(5)17(23(31)19(13)21(29(37)38)27(35)25(15)33)18-12(6)8-14-16(10(3)4)26(34)28(36)22(30(39)40)20(14)24(18)32/h7-8,31,33,35,37H,1-6H3,(H,39,40)(H,41,42);7-10,31-36H,1-6H3,(H,37,38)(H,39,40). The van der Waals surface area contributed by atoms with Gasteiger partial charge in [0.05, 0.1) is 5.56 Å². The first-order valence-corrected chi connectivity index (χ1v) is 25.2. The van der Waals surface area contributed by atoms with Gasteiger partial charge in [-0.2, -0.15) is 0 Å². The van der Waals surface area contributed by atoms with E-state index < -0.39 is 165 Å². The van der Waals surface area contributed by atoms with Gasteiger partial charge in [-0.3, -0.25) is 19.2 Å². The summed E-state index contributed by atoms with van der Waals surface area (Å²) in [6.45, 7) is 18.5. The molecule has 6 aromatic carbocycles. The molecule has 0 unspecified atom stereocenters. The van der Waals surface area contributed by atoms with Crippen LogP contribution in [0.4, 0.5) is 0 Å². The number of carbonyl (C=O) groups is 4. The summed E-state index contributed by atoms with van der Waals surface area (Å²) < 4.78 is 0. The first kappa shape index (κ1) is 59.5. The number of benzene rings is 8. The van der Waals surface area contributed by atoms with E-state index in [0.29, 0.717) is 11.1 Å². The van der Waals surface area contributed by atoms with E-state index in [9.17, 15) is 110 Å². The fourth-order valence-corrected chi connectivity index (χ4v) is 11.5. The normalized spacial score (nSPS) is 11.7. The first-order valence-electron chi connectivity index (χ1n) is 25.2. The third kappa shape index (κ3) is 8.47. The van der Waals surface area contributed by atoms with Gasteiger partial charge in [0.15, 0.2) is 45.4 Å². The highest BCUT2D eigenvalue weighted by Crippen LogP contribution is 2.56. The van der Waals surface area contributed by atoms with Crippen LogP contribution in [0.3, 0.4) is 0 Å². The Kier molecular flexibility index (Phi) is 14.9. The molecule has 22 heteroatoms. The minimum Gasteiger partial charge on any atom is -0.507 e. The van der Waals surface area contributed by atoms with Crippen molar-refractivity contribution in [2.75, 3.05) is 0 Å². The van der Waals surface area contributed by atoms with E-state index in [1.54, 1.807) is 55.4 Å². The van der Waals surface area contributed by atoms with Crippen molar-refractivity contribution >= 4 is 56.2 Å². The number of carboxylic acids is 4. The lowest BCUT2D eigenvalue weighted by atomic mass is 9.80. The monoisotopic (exact) mass is 1130 g/mol. The van der Waals surface area contributed by atoms with Gasteiger partial charge in [0.25, 0.3) is 0 Å². The number of carboxylic acid groups (broad SMARTS) is 4. The molecule has 6 aromatic rings. The van der Waals surface area contributed by atoms with Crippen molar-refractivity contribution in [3.8, 4) is 90.9 Å². The molecule has 14 N–H and O–H groups in total. The number of hydrogen-bond acceptors (Lipinski definition) is 18. The molecule has 8 rings (SSSR count). The van der Waals surface area contributed by atoms with Crippen LogP contribution in [0.1, 0.15) is 165 Å². The molecule has 2 aliphatic rings. The summed E-state index contributed by atoms with van der Waals surface area (Å²) in [4.78, 5) is 102. The number of hydrogen-bond donors (Lipinski definition) is 14. The molecule has 0 saturated carbocycles. The Hall–Kier alpha value is -10.1. The lowest BCUT2D eigenvalue weighted by Gasteiger charge is -2.23. The molecule has 82 heavy (non-hydrogen) atoms. The molecular weight excluding hydrogens is 1070 g/mol. The molecule has 0 amide bonds. The maximum atomic E-state index is 14.1. The van der Waals surface area contributed by atoms with Crippen LogP contribution in [0.2, 0.25) is 0 Å². The number of phenolic OH excluding ortho intramolecular Hbond substituents is 7. The average molecular weight is 1130 g/mol. The number of phenols is 10. The van der Waals surface area contributed by atoms with Crippen LogP contribution in [-0.4, -0.2) is 95.4 Å². The van der Waals surface area contributed by atoms with Crippen molar-refractivity contribution in [2.24, 2.45) is 0 Å². The first-order chi connectivity index (χ1) is 37.9. The second kappa shape index (κ2) is 20.5. The molecule has 0 aliphatic heterocycles. The summed E-state index contributed by atoms with van der Waals surface area (Å²) in [5.74, 6) is -17.2. The number of aromatic hydroxyl groups is 10. The summed E-state index contributed by atoms with van der Waals surface area (Å²) in [5.41, 5.74) is -11.5. The quantitative estimate of drug-likeness (QED) is 0.0344. The van der Waals surface area contributed by atoms with Crippen molar-refractivity contribution < 1.29 is 90.7 Å². The zero-order valence-electron chi connectivity index (χ0n) is 46.0. The van der Waals surface area contributed by atoms with Crippen molar-refractivity contribution in [3.63, 3.8) is 0 Å². The smallest absolute Gasteiger partial charge is 0.340 e. The maximum absolute atomic E-state index is 14.1. The van der Waals surface area contributed by atoms with Gasteiger partial charge >= 0.3 is 23.9 Å². The Morgan fingerprint density at radius 1 is 0.305 bits per heavy atom. The van der Waals surface area contributed by atoms with E-state index in [4.69, 9.17) is 0 Å². The van der Waals surface area contributed by atoms with E-state index >= 15 is 0 Å². The molecule has 0 spiro atoms. The van der Waals surface area contributed by atoms with E-state index in [-0.39, 0.29) is 83.3 Å². The number of aryl methyl sites for hydroxylation is 2. The van der Waals surface area contributed by atoms with Gasteiger partial charge < -0.3 is 71.5 Å². The van der Waals surface area contributed by atoms with Crippen LogP contribution in [0.15, 0.2) is 31.3 Å². The van der Waals surface area contributed by atoms with Gasteiger partial charge in [-0.1, -0.05) is 67.5 Å². The molecule has 0 heterocycles. The summed E-state index contributed by atoms with van der Waals surface area (Å²) in [6, 6.07) is 3.03. The number of rotatable bonds is 10. The molecule has 428 valence electrons. The Balaban J connectivity index is 0.000000236. The van der Waals surface area contributed by atoms with Crippen molar-refractivity contribution in [3.05, 3.63) is 120 Å². The highest BCUT2D eigenvalue weighted by molar-refractivity contribution is 6.18. The van der Waals surface area contributed by atoms with E-state index in [1.807, 2.05) is 0 Å². The van der Waals surface area contributed by atoms with Crippen LogP contribution in [0.5, 0.6) is 57.5 Å². The zero-order chi connectivity index (χ0) is 62.0. The minimum atomic E-state index is -1.94. The predicted octanol–water partition coefficient (Wildman–Crippen LogP) is 9.16. The topological polar surface area (TPSA) is 420 Å². The Bertz CT molecular complexity index is 4290. The highest BCUT2D eigenvalue weighted by atomic mass is 16.4. The van der Waals surface area contributed by atoms with Crippen LogP contribution in [0.25, 0.3) is 65.7 Å². The second-order valence-corrected chi connectivity index (χ2v) is 21.3. The molecular formula is C60H56O22. The van der Waals surface area contributed by atoms with E-state index in [1.165, 1.54) is 32.9 Å². The molecule has 0 radical (unpaired) electrons. The third-order valence-electron chi connectivity index (χ3n) is 14.9. The zero-order valence-corrected chi connectivity index (χ0v) is 46.0. The Labute approximate surface area is 462 Å². The number of aromatic carboxylic acids is 4. The molecule has 0 saturated heterocycles. The average Bonchev–Trinajstić information content (AvgIpc) is 1.26. The molecule has 0 fully saturated rings. The van der Waals surface area contributed by atoms with Crippen LogP contribution < -0.4 is 21.7 Å². The summed E-state index contributed by atoms with van der Waals surface area (Å²) in [6.07, 6.45) is 0. The van der Waals surface area contributed by atoms with E-state index in [0.717, 1.165) is 6.92 Å². The van der Waals surface area contributed by atoms with Gasteiger partial charge in [0.2, 0.25) is 10.9 Å². The Morgan fingerprint density at radius 3 is 1.00 bits per heavy atom. The molecule has 0 atom stereocenters. The summed E-state index contributed by atoms with van der Waals surface area (Å²) in [5, 5.41) is 148. The fourth-order valence-electron chi connectivity index (χ4n) is 11.5. The molecule has 0 bridgehead atoms. The van der Waals surface area contributed by atoms with Gasteiger partial charge in [0, 0.05) is 82.7 Å². The summed E-state index contributed by atoms with van der Waals surface area (Å²) >= 11 is 0. The largest absolute Gasteiger partial charge is 0.507 e. The van der Waals surface area contributed by atoms with Crippen LogP contribution in [0, 0.1) is 27.7 Å². The maximum Gasteiger partial charge on any atom is 0.340 e. The van der Waals surface area contributed by atoms with Crippen LogP contribution in [-0.2, 0) is 0 Å². The lowest BCUT2D eigenvalue weighted by molar-refractivity contribution is 0.0684. The molecule has 22 nitrogen and oxygen atoms in total. The van der Waals surface area contributed by atoms with Crippen molar-refractivity contribution in [2.45, 2.75) is 107 Å².